The van der Waals surface area contributed by atoms with Gasteiger partial charge in [0.15, 0.2) is 0 Å². The molecule has 0 saturated carbocycles. The standard InChI is InChI=1S/C11H11N2/c1-2-4-10-8(3-1)9-5-6-12-7-11(9)13-10/h1-2,4,7,12H,3,5-6H2. The Morgan fingerprint density at radius 3 is 3.31 bits per heavy atom. The molecule has 0 unspecified atom stereocenters. The fraction of sp³-hybridized carbons (Fsp3) is 0.273. The highest BCUT2D eigenvalue weighted by molar-refractivity contribution is 6.10. The van der Waals surface area contributed by atoms with E-state index in [-0.39, 0.29) is 0 Å². The Morgan fingerprint density at radius 1 is 1.31 bits per heavy atom. The number of rotatable bonds is 0. The molecule has 2 heteroatoms. The van der Waals surface area contributed by atoms with E-state index in [2.05, 4.69) is 28.5 Å². The zero-order valence-corrected chi connectivity index (χ0v) is 7.38. The van der Waals surface area contributed by atoms with Gasteiger partial charge in [-0.3, -0.25) is 4.99 Å². The molecule has 2 nitrogen and oxygen atoms in total. The van der Waals surface area contributed by atoms with Gasteiger partial charge in [-0.25, -0.2) is 0 Å². The first-order valence-corrected chi connectivity index (χ1v) is 4.70. The number of hydrogen-bond acceptors (Lipinski definition) is 2. The van der Waals surface area contributed by atoms with E-state index in [0.717, 1.165) is 25.1 Å². The highest BCUT2D eigenvalue weighted by atomic mass is 14.9. The fourth-order valence-corrected chi connectivity index (χ4v) is 2.05. The second kappa shape index (κ2) is 2.67. The Morgan fingerprint density at radius 2 is 2.31 bits per heavy atom. The average molecular weight is 171 g/mol. The van der Waals surface area contributed by atoms with Crippen LogP contribution in [0.15, 0.2) is 40.1 Å². The van der Waals surface area contributed by atoms with Gasteiger partial charge in [0, 0.05) is 0 Å². The summed E-state index contributed by atoms with van der Waals surface area (Å²) in [4.78, 5) is 4.57. The normalized spacial score (nSPS) is 25.2. The molecule has 65 valence electrons. The number of allylic oxidation sites excluding steroid dienone is 4. The van der Waals surface area contributed by atoms with Gasteiger partial charge < -0.3 is 5.32 Å². The molecule has 0 aromatic heterocycles. The Bertz CT molecular complexity index is 370. The van der Waals surface area contributed by atoms with E-state index in [4.69, 9.17) is 0 Å². The van der Waals surface area contributed by atoms with Gasteiger partial charge >= 0.3 is 0 Å². The van der Waals surface area contributed by atoms with Gasteiger partial charge in [-0.05, 0) is 36.6 Å². The predicted molar refractivity (Wildman–Crippen MR) is 53.2 cm³/mol. The SMILES string of the molecule is [CH]1NCCC2=C3CC=CC=C3N=C12. The molecule has 0 atom stereocenters. The van der Waals surface area contributed by atoms with E-state index < -0.39 is 0 Å². The highest BCUT2D eigenvalue weighted by Gasteiger charge is 2.25. The van der Waals surface area contributed by atoms with Crippen molar-refractivity contribution in [1.29, 1.82) is 0 Å². The molecule has 1 aliphatic carbocycles. The van der Waals surface area contributed by atoms with E-state index in [1.54, 1.807) is 0 Å². The summed E-state index contributed by atoms with van der Waals surface area (Å²) in [5.74, 6) is 0. The molecule has 0 aromatic rings. The molecule has 1 saturated heterocycles. The zero-order valence-electron chi connectivity index (χ0n) is 7.38. The van der Waals surface area contributed by atoms with Crippen LogP contribution in [0.1, 0.15) is 12.8 Å². The van der Waals surface area contributed by atoms with Gasteiger partial charge in [0.2, 0.25) is 0 Å². The first-order valence-electron chi connectivity index (χ1n) is 4.70. The van der Waals surface area contributed by atoms with Crippen LogP contribution < -0.4 is 5.32 Å². The van der Waals surface area contributed by atoms with Crippen molar-refractivity contribution in [3.63, 3.8) is 0 Å². The lowest BCUT2D eigenvalue weighted by Gasteiger charge is -2.15. The number of piperidine rings is 1. The molecule has 3 aliphatic rings. The van der Waals surface area contributed by atoms with Crippen LogP contribution in [0.2, 0.25) is 0 Å². The summed E-state index contributed by atoms with van der Waals surface area (Å²) < 4.78 is 0. The molecule has 1 N–H and O–H groups in total. The van der Waals surface area contributed by atoms with Crippen molar-refractivity contribution in [3.05, 3.63) is 41.6 Å². The fourth-order valence-electron chi connectivity index (χ4n) is 2.05. The predicted octanol–water partition coefficient (Wildman–Crippen LogP) is 1.74. The topological polar surface area (TPSA) is 24.4 Å². The molecular formula is C11H11N2. The molecule has 2 aliphatic heterocycles. The second-order valence-corrected chi connectivity index (χ2v) is 3.49. The van der Waals surface area contributed by atoms with E-state index in [1.165, 1.54) is 16.8 Å². The van der Waals surface area contributed by atoms with Crippen LogP contribution in [0.4, 0.5) is 0 Å². The van der Waals surface area contributed by atoms with Crippen LogP contribution in [0.5, 0.6) is 0 Å². The van der Waals surface area contributed by atoms with Crippen molar-refractivity contribution >= 4 is 5.71 Å². The first-order chi connectivity index (χ1) is 6.45. The van der Waals surface area contributed by atoms with E-state index in [1.807, 2.05) is 6.54 Å². The molecule has 1 radical (unpaired) electrons. The number of fused-ring (bicyclic) bond motifs is 2. The average Bonchev–Trinajstić information content (AvgIpc) is 2.56. The lowest BCUT2D eigenvalue weighted by atomic mass is 9.95. The minimum absolute atomic E-state index is 1.05. The van der Waals surface area contributed by atoms with Crippen LogP contribution in [0.25, 0.3) is 0 Å². The minimum Gasteiger partial charge on any atom is -0.307 e. The summed E-state index contributed by atoms with van der Waals surface area (Å²) in [7, 11) is 0. The largest absolute Gasteiger partial charge is 0.307 e. The first kappa shape index (κ1) is 7.27. The Labute approximate surface area is 77.7 Å². The third-order valence-electron chi connectivity index (χ3n) is 2.69. The maximum absolute atomic E-state index is 4.57. The molecular weight excluding hydrogens is 160 g/mol. The van der Waals surface area contributed by atoms with Crippen molar-refractivity contribution < 1.29 is 0 Å². The summed E-state index contributed by atoms with van der Waals surface area (Å²) in [6.07, 6.45) is 8.57. The van der Waals surface area contributed by atoms with Crippen molar-refractivity contribution in [3.8, 4) is 0 Å². The molecule has 2 heterocycles. The van der Waals surface area contributed by atoms with Crippen LogP contribution in [0.3, 0.4) is 0 Å². The summed E-state index contributed by atoms with van der Waals surface area (Å²) >= 11 is 0. The number of aliphatic imine (C=N–C) groups is 1. The van der Waals surface area contributed by atoms with Gasteiger partial charge in [0.1, 0.15) is 0 Å². The third kappa shape index (κ3) is 1.02. The molecule has 13 heavy (non-hydrogen) atoms. The number of nitrogens with one attached hydrogen (secondary N) is 1. The van der Waals surface area contributed by atoms with Gasteiger partial charge in [-0.15, -0.1) is 0 Å². The summed E-state index contributed by atoms with van der Waals surface area (Å²) in [6, 6.07) is 0. The van der Waals surface area contributed by atoms with E-state index >= 15 is 0 Å². The molecule has 0 aromatic carbocycles. The van der Waals surface area contributed by atoms with Gasteiger partial charge in [-0.2, -0.15) is 0 Å². The number of nitrogens with zero attached hydrogens (tertiary/aromatic N) is 1. The summed E-state index contributed by atoms with van der Waals surface area (Å²) in [5, 5.41) is 3.23. The molecule has 1 fully saturated rings. The maximum Gasteiger partial charge on any atom is 0.0712 e. The lowest BCUT2D eigenvalue weighted by molar-refractivity contribution is 0.786. The van der Waals surface area contributed by atoms with Crippen molar-refractivity contribution in [2.75, 3.05) is 6.54 Å². The van der Waals surface area contributed by atoms with E-state index in [0.29, 0.717) is 0 Å². The van der Waals surface area contributed by atoms with Crippen LogP contribution in [-0.4, -0.2) is 12.3 Å². The quantitative estimate of drug-likeness (QED) is 0.589. The van der Waals surface area contributed by atoms with Gasteiger partial charge in [0.05, 0.1) is 18.0 Å². The van der Waals surface area contributed by atoms with Crippen molar-refractivity contribution in [2.45, 2.75) is 12.8 Å². The second-order valence-electron chi connectivity index (χ2n) is 3.49. The Hall–Kier alpha value is -1.15. The molecule has 0 bridgehead atoms. The highest BCUT2D eigenvalue weighted by Crippen LogP contribution is 2.33. The monoisotopic (exact) mass is 171 g/mol. The van der Waals surface area contributed by atoms with E-state index in [9.17, 15) is 0 Å². The lowest BCUT2D eigenvalue weighted by Crippen LogP contribution is -2.26. The smallest absolute Gasteiger partial charge is 0.0712 e. The summed E-state index contributed by atoms with van der Waals surface area (Å²) in [5.41, 5.74) is 5.22. The van der Waals surface area contributed by atoms with Gasteiger partial charge in [-0.1, -0.05) is 12.2 Å². The Balaban J connectivity index is 2.10. The van der Waals surface area contributed by atoms with Crippen molar-refractivity contribution in [1.82, 2.24) is 5.32 Å². The van der Waals surface area contributed by atoms with Crippen LogP contribution in [0, 0.1) is 6.54 Å². The molecule has 0 spiro atoms. The minimum atomic E-state index is 1.05. The Kier molecular flexibility index (Phi) is 1.49. The third-order valence-corrected chi connectivity index (χ3v) is 2.69. The molecule has 0 amide bonds. The van der Waals surface area contributed by atoms with Gasteiger partial charge in [0.25, 0.3) is 0 Å². The van der Waals surface area contributed by atoms with Crippen molar-refractivity contribution in [2.24, 2.45) is 4.99 Å². The van der Waals surface area contributed by atoms with Crippen LogP contribution in [-0.2, 0) is 0 Å². The maximum atomic E-state index is 4.57. The zero-order chi connectivity index (χ0) is 8.67. The summed E-state index contributed by atoms with van der Waals surface area (Å²) in [6.45, 7) is 3.08. The van der Waals surface area contributed by atoms with Crippen LogP contribution >= 0.6 is 0 Å². The number of hydrogen-bond donors (Lipinski definition) is 1. The molecule has 3 rings (SSSR count).